The Kier molecular flexibility index (Phi) is 6.42. The molecule has 5 nitrogen and oxygen atoms in total. The predicted molar refractivity (Wildman–Crippen MR) is 100 cm³/mol. The van der Waals surface area contributed by atoms with Crippen molar-refractivity contribution in [3.05, 3.63) is 53.9 Å². The van der Waals surface area contributed by atoms with Crippen molar-refractivity contribution in [2.45, 2.75) is 25.0 Å². The minimum Gasteiger partial charge on any atom is -0.355 e. The summed E-state index contributed by atoms with van der Waals surface area (Å²) in [6.45, 7) is 5.81. The van der Waals surface area contributed by atoms with Crippen molar-refractivity contribution in [3.8, 4) is 0 Å². The molecule has 1 aliphatic rings. The van der Waals surface area contributed by atoms with E-state index in [0.717, 1.165) is 38.3 Å². The summed E-state index contributed by atoms with van der Waals surface area (Å²) in [4.78, 5) is 23.0. The average Bonchev–Trinajstić information content (AvgIpc) is 3.06. The lowest BCUT2D eigenvalue weighted by Gasteiger charge is -2.16. The average molecular weight is 356 g/mol. The molecule has 0 spiro atoms. The van der Waals surface area contributed by atoms with Gasteiger partial charge in [0.15, 0.2) is 5.16 Å². The van der Waals surface area contributed by atoms with Crippen LogP contribution in [-0.4, -0.2) is 46.2 Å². The first-order valence-electron chi connectivity index (χ1n) is 8.64. The lowest BCUT2D eigenvalue weighted by atomic mass is 10.1. The van der Waals surface area contributed by atoms with E-state index in [1.54, 1.807) is 6.20 Å². The number of aromatic nitrogens is 2. The Morgan fingerprint density at radius 2 is 2.16 bits per heavy atom. The van der Waals surface area contributed by atoms with E-state index in [1.165, 1.54) is 17.3 Å². The van der Waals surface area contributed by atoms with Gasteiger partial charge >= 0.3 is 0 Å². The standard InChI is InChI=1S/C19H24N4OS/c1-15-7-9-20-19(22-15)25-14-18(24)21-11-17-8-10-23(13-17)12-16-5-3-2-4-6-16/h2-7,9,17H,8,10-14H2,1H3,(H,21,24)/t17-/m0/s1. The Morgan fingerprint density at radius 1 is 1.32 bits per heavy atom. The second-order valence-electron chi connectivity index (χ2n) is 6.45. The van der Waals surface area contributed by atoms with Gasteiger partial charge in [-0.25, -0.2) is 9.97 Å². The number of carbonyl (C=O) groups excluding carboxylic acids is 1. The van der Waals surface area contributed by atoms with Crippen molar-refractivity contribution in [1.82, 2.24) is 20.2 Å². The molecule has 0 saturated carbocycles. The van der Waals surface area contributed by atoms with Crippen molar-refractivity contribution >= 4 is 17.7 Å². The number of amides is 1. The van der Waals surface area contributed by atoms with Gasteiger partial charge in [-0.15, -0.1) is 0 Å². The van der Waals surface area contributed by atoms with Gasteiger partial charge in [-0.1, -0.05) is 42.1 Å². The van der Waals surface area contributed by atoms with Crippen molar-refractivity contribution < 1.29 is 4.79 Å². The quantitative estimate of drug-likeness (QED) is 0.610. The molecule has 0 bridgehead atoms. The number of carbonyl (C=O) groups is 1. The summed E-state index contributed by atoms with van der Waals surface area (Å²) in [7, 11) is 0. The van der Waals surface area contributed by atoms with E-state index in [4.69, 9.17) is 0 Å². The molecule has 1 aromatic heterocycles. The molecule has 1 atom stereocenters. The van der Waals surface area contributed by atoms with E-state index >= 15 is 0 Å². The summed E-state index contributed by atoms with van der Waals surface area (Å²) < 4.78 is 0. The minimum absolute atomic E-state index is 0.0524. The number of benzene rings is 1. The fraction of sp³-hybridized carbons (Fsp3) is 0.421. The van der Waals surface area contributed by atoms with E-state index in [2.05, 4.69) is 44.5 Å². The highest BCUT2D eigenvalue weighted by molar-refractivity contribution is 7.99. The van der Waals surface area contributed by atoms with Crippen LogP contribution < -0.4 is 5.32 Å². The Balaban J connectivity index is 1.35. The first-order valence-corrected chi connectivity index (χ1v) is 9.63. The molecule has 1 amide bonds. The summed E-state index contributed by atoms with van der Waals surface area (Å²) >= 11 is 1.38. The van der Waals surface area contributed by atoms with Gasteiger partial charge in [0, 0.05) is 31.5 Å². The Bertz CT molecular complexity index is 695. The molecular formula is C19H24N4OS. The topological polar surface area (TPSA) is 58.1 Å². The van der Waals surface area contributed by atoms with Gasteiger partial charge in [0.1, 0.15) is 0 Å². The molecular weight excluding hydrogens is 332 g/mol. The normalized spacial score (nSPS) is 17.6. The molecule has 0 aliphatic carbocycles. The molecule has 2 heterocycles. The lowest BCUT2D eigenvalue weighted by molar-refractivity contribution is -0.118. The van der Waals surface area contributed by atoms with Crippen LogP contribution in [0.1, 0.15) is 17.7 Å². The van der Waals surface area contributed by atoms with Gasteiger partial charge in [-0.2, -0.15) is 0 Å². The number of hydrogen-bond donors (Lipinski definition) is 1. The second kappa shape index (κ2) is 8.97. The molecule has 1 aromatic carbocycles. The molecule has 1 N–H and O–H groups in total. The number of likely N-dealkylation sites (tertiary alicyclic amines) is 1. The van der Waals surface area contributed by atoms with Crippen LogP contribution in [0.5, 0.6) is 0 Å². The zero-order valence-corrected chi connectivity index (χ0v) is 15.3. The molecule has 3 rings (SSSR count). The Morgan fingerprint density at radius 3 is 2.96 bits per heavy atom. The first-order chi connectivity index (χ1) is 12.2. The van der Waals surface area contributed by atoms with E-state index in [-0.39, 0.29) is 5.91 Å². The second-order valence-corrected chi connectivity index (χ2v) is 7.39. The highest BCUT2D eigenvalue weighted by Crippen LogP contribution is 2.18. The van der Waals surface area contributed by atoms with Crippen molar-refractivity contribution in [2.75, 3.05) is 25.4 Å². The first kappa shape index (κ1) is 17.9. The summed E-state index contributed by atoms with van der Waals surface area (Å²) in [5.41, 5.74) is 2.27. The summed E-state index contributed by atoms with van der Waals surface area (Å²) in [6.07, 6.45) is 2.86. The molecule has 0 radical (unpaired) electrons. The maximum atomic E-state index is 12.0. The summed E-state index contributed by atoms with van der Waals surface area (Å²) in [6, 6.07) is 12.4. The van der Waals surface area contributed by atoms with Crippen LogP contribution in [0, 0.1) is 12.8 Å². The van der Waals surface area contributed by atoms with Crippen LogP contribution in [0.4, 0.5) is 0 Å². The molecule has 0 unspecified atom stereocenters. The fourth-order valence-corrected chi connectivity index (χ4v) is 3.71. The van der Waals surface area contributed by atoms with E-state index in [9.17, 15) is 4.79 Å². The Hall–Kier alpha value is -1.92. The zero-order chi connectivity index (χ0) is 17.5. The van der Waals surface area contributed by atoms with Gasteiger partial charge in [-0.05, 0) is 37.4 Å². The molecule has 132 valence electrons. The van der Waals surface area contributed by atoms with Crippen LogP contribution in [0.3, 0.4) is 0 Å². The van der Waals surface area contributed by atoms with Crippen molar-refractivity contribution in [2.24, 2.45) is 5.92 Å². The van der Waals surface area contributed by atoms with E-state index < -0.39 is 0 Å². The van der Waals surface area contributed by atoms with Crippen LogP contribution >= 0.6 is 11.8 Å². The third-order valence-electron chi connectivity index (χ3n) is 4.31. The highest BCUT2D eigenvalue weighted by Gasteiger charge is 2.22. The van der Waals surface area contributed by atoms with Crippen LogP contribution in [-0.2, 0) is 11.3 Å². The zero-order valence-electron chi connectivity index (χ0n) is 14.5. The summed E-state index contributed by atoms with van der Waals surface area (Å²) in [5, 5.41) is 3.71. The fourth-order valence-electron chi connectivity index (χ4n) is 3.00. The Labute approximate surface area is 153 Å². The van der Waals surface area contributed by atoms with E-state index in [1.807, 2.05) is 19.1 Å². The predicted octanol–water partition coefficient (Wildman–Crippen LogP) is 2.52. The SMILES string of the molecule is Cc1ccnc(SCC(=O)NC[C@@H]2CCN(Cc3ccccc3)C2)n1. The monoisotopic (exact) mass is 356 g/mol. The van der Waals surface area contributed by atoms with Gasteiger partial charge in [0.2, 0.25) is 5.91 Å². The van der Waals surface area contributed by atoms with Crippen molar-refractivity contribution in [1.29, 1.82) is 0 Å². The van der Waals surface area contributed by atoms with Gasteiger partial charge in [-0.3, -0.25) is 9.69 Å². The van der Waals surface area contributed by atoms with Gasteiger partial charge in [0.25, 0.3) is 0 Å². The number of rotatable bonds is 7. The maximum absolute atomic E-state index is 12.0. The molecule has 25 heavy (non-hydrogen) atoms. The minimum atomic E-state index is 0.0524. The number of hydrogen-bond acceptors (Lipinski definition) is 5. The van der Waals surface area contributed by atoms with Gasteiger partial charge < -0.3 is 5.32 Å². The summed E-state index contributed by atoms with van der Waals surface area (Å²) in [5.74, 6) is 0.952. The number of aryl methyl sites for hydroxylation is 1. The van der Waals surface area contributed by atoms with E-state index in [0.29, 0.717) is 16.8 Å². The highest BCUT2D eigenvalue weighted by atomic mass is 32.2. The largest absolute Gasteiger partial charge is 0.355 e. The van der Waals surface area contributed by atoms with Gasteiger partial charge in [0.05, 0.1) is 5.75 Å². The third-order valence-corrected chi connectivity index (χ3v) is 5.17. The number of nitrogens with one attached hydrogen (secondary N) is 1. The number of nitrogens with zero attached hydrogens (tertiary/aromatic N) is 3. The molecule has 1 saturated heterocycles. The molecule has 6 heteroatoms. The van der Waals surface area contributed by atoms with Crippen LogP contribution in [0.15, 0.2) is 47.8 Å². The lowest BCUT2D eigenvalue weighted by Crippen LogP contribution is -2.32. The molecule has 1 fully saturated rings. The maximum Gasteiger partial charge on any atom is 0.230 e. The molecule has 1 aliphatic heterocycles. The smallest absolute Gasteiger partial charge is 0.230 e. The van der Waals surface area contributed by atoms with Crippen LogP contribution in [0.2, 0.25) is 0 Å². The van der Waals surface area contributed by atoms with Crippen LogP contribution in [0.25, 0.3) is 0 Å². The van der Waals surface area contributed by atoms with Crippen molar-refractivity contribution in [3.63, 3.8) is 0 Å². The number of thioether (sulfide) groups is 1. The third kappa shape index (κ3) is 5.83. The molecule has 2 aromatic rings.